The Balaban J connectivity index is 1.92. The Kier molecular flexibility index (Phi) is 12.7. The van der Waals surface area contributed by atoms with Gasteiger partial charge >= 0.3 is 0 Å². The van der Waals surface area contributed by atoms with Crippen molar-refractivity contribution in [2.24, 2.45) is 0 Å². The largest absolute Gasteiger partial charge is 0.394 e. The highest BCUT2D eigenvalue weighted by molar-refractivity contribution is 7.89. The zero-order valence-electron chi connectivity index (χ0n) is 21.2. The minimum Gasteiger partial charge on any atom is -0.394 e. The van der Waals surface area contributed by atoms with Gasteiger partial charge in [0.05, 0.1) is 19.3 Å². The number of ether oxygens (including phenoxy) is 5. The molecule has 0 aliphatic carbocycles. The van der Waals surface area contributed by atoms with E-state index >= 15 is 0 Å². The van der Waals surface area contributed by atoms with Gasteiger partial charge in [-0.3, -0.25) is 8.98 Å². The standard InChI is InChI=1S/C20H35NO18S/c1-5-10(25)12(27)13(28)19(32-5)35-15-8(4-23)33-18(30)9(21-6(2)24)16(15)36-20-14(29)17(37-40-39-38-31)11(26)7(3-22)34-20/h5,7-20,22-23,25-31H,3-4H2,1-2H3,(H,21,24). The van der Waals surface area contributed by atoms with Crippen LogP contribution >= 0.6 is 12.3 Å². The van der Waals surface area contributed by atoms with Gasteiger partial charge in [0.25, 0.3) is 0 Å². The summed E-state index contributed by atoms with van der Waals surface area (Å²) in [7, 11) is 0. The summed E-state index contributed by atoms with van der Waals surface area (Å²) in [6.07, 6.45) is -22.2. The van der Waals surface area contributed by atoms with E-state index < -0.39 is 111 Å². The van der Waals surface area contributed by atoms with Crippen molar-refractivity contribution in [3.63, 3.8) is 0 Å². The lowest BCUT2D eigenvalue weighted by molar-refractivity contribution is -0.435. The maximum Gasteiger partial charge on any atom is 0.217 e. The fourth-order valence-electron chi connectivity index (χ4n) is 4.57. The van der Waals surface area contributed by atoms with Gasteiger partial charge < -0.3 is 69.9 Å². The third kappa shape index (κ3) is 7.55. The van der Waals surface area contributed by atoms with Gasteiger partial charge in [0.1, 0.15) is 67.1 Å². The second kappa shape index (κ2) is 15.0. The Morgan fingerprint density at radius 2 is 1.43 bits per heavy atom. The Labute approximate surface area is 231 Å². The number of carbonyl (C=O) groups is 1. The van der Waals surface area contributed by atoms with Gasteiger partial charge in [0.2, 0.25) is 5.91 Å². The van der Waals surface area contributed by atoms with Crippen LogP contribution in [-0.4, -0.2) is 157 Å². The normalized spacial score (nSPS) is 46.2. The molecule has 3 aliphatic rings. The van der Waals surface area contributed by atoms with E-state index in [4.69, 9.17) is 33.1 Å². The number of rotatable bonds is 11. The zero-order chi connectivity index (χ0) is 29.7. The fraction of sp³-hybridized carbons (Fsp3) is 0.950. The molecule has 234 valence electrons. The average molecular weight is 610 g/mol. The number of carbonyl (C=O) groups excluding carboxylic acids is 1. The molecule has 20 heteroatoms. The molecule has 0 bridgehead atoms. The van der Waals surface area contributed by atoms with E-state index in [-0.39, 0.29) is 12.3 Å². The van der Waals surface area contributed by atoms with E-state index in [1.54, 1.807) is 0 Å². The molecule has 0 spiro atoms. The molecule has 0 aromatic heterocycles. The van der Waals surface area contributed by atoms with Gasteiger partial charge in [-0.2, -0.15) is 0 Å². The summed E-state index contributed by atoms with van der Waals surface area (Å²) in [6.45, 7) is 0.913. The van der Waals surface area contributed by atoms with Crippen LogP contribution in [0.4, 0.5) is 0 Å². The molecule has 1 amide bonds. The maximum atomic E-state index is 12.0. The highest BCUT2D eigenvalue weighted by atomic mass is 32.2. The van der Waals surface area contributed by atoms with Crippen molar-refractivity contribution in [1.82, 2.24) is 5.32 Å². The number of aliphatic hydroxyl groups excluding tert-OH is 8. The molecule has 3 rings (SSSR count). The number of amides is 1. The molecule has 0 radical (unpaired) electrons. The molecule has 0 aromatic carbocycles. The molecule has 0 saturated carbocycles. The molecule has 10 N–H and O–H groups in total. The van der Waals surface area contributed by atoms with Crippen molar-refractivity contribution in [2.45, 2.75) is 106 Å². The molecule has 3 saturated heterocycles. The van der Waals surface area contributed by atoms with E-state index in [2.05, 4.69) is 14.7 Å². The summed E-state index contributed by atoms with van der Waals surface area (Å²) >= 11 is 0.0177. The van der Waals surface area contributed by atoms with Gasteiger partial charge in [0.15, 0.2) is 31.2 Å². The monoisotopic (exact) mass is 609 g/mol. The van der Waals surface area contributed by atoms with Crippen molar-refractivity contribution >= 4 is 18.2 Å². The average Bonchev–Trinajstić information content (AvgIpc) is 2.92. The summed E-state index contributed by atoms with van der Waals surface area (Å²) in [5.41, 5.74) is 0. The van der Waals surface area contributed by atoms with E-state index in [0.29, 0.717) is 0 Å². The van der Waals surface area contributed by atoms with E-state index in [0.717, 1.165) is 6.92 Å². The number of hydrogen-bond acceptors (Lipinski definition) is 19. The zero-order valence-corrected chi connectivity index (χ0v) is 22.0. The first-order valence-corrected chi connectivity index (χ1v) is 12.8. The molecule has 3 heterocycles. The summed E-state index contributed by atoms with van der Waals surface area (Å²) < 4.78 is 37.2. The fourth-order valence-corrected chi connectivity index (χ4v) is 4.95. The van der Waals surface area contributed by atoms with Crippen LogP contribution < -0.4 is 5.32 Å². The molecular formula is C20H35NO18S. The van der Waals surface area contributed by atoms with E-state index in [1.165, 1.54) is 6.92 Å². The quantitative estimate of drug-likeness (QED) is 0.0452. The first-order chi connectivity index (χ1) is 18.9. The van der Waals surface area contributed by atoms with Crippen LogP contribution in [0, 0.1) is 0 Å². The van der Waals surface area contributed by atoms with Gasteiger partial charge in [-0.1, -0.05) is 5.04 Å². The molecule has 3 fully saturated rings. The predicted molar refractivity (Wildman–Crippen MR) is 123 cm³/mol. The lowest BCUT2D eigenvalue weighted by Gasteiger charge is -2.49. The SMILES string of the molecule is CC(=O)NC1C(O)OC(CO)C(OC2OC(C)C(O)C(O)C2O)C1OC1OC(CO)C(O)C(OSOOO)C1O. The van der Waals surface area contributed by atoms with Gasteiger partial charge in [-0.05, 0) is 6.92 Å². The van der Waals surface area contributed by atoms with Crippen molar-refractivity contribution in [3.8, 4) is 0 Å². The Morgan fingerprint density at radius 1 is 0.800 bits per heavy atom. The van der Waals surface area contributed by atoms with E-state index in [1.807, 2.05) is 0 Å². The first kappa shape index (κ1) is 33.6. The molecule has 15 atom stereocenters. The maximum absolute atomic E-state index is 12.0. The van der Waals surface area contributed by atoms with Crippen molar-refractivity contribution in [1.29, 1.82) is 0 Å². The van der Waals surface area contributed by atoms with Crippen LogP contribution in [0.25, 0.3) is 0 Å². The van der Waals surface area contributed by atoms with Crippen LogP contribution in [0.15, 0.2) is 0 Å². The summed E-state index contributed by atoms with van der Waals surface area (Å²) in [6, 6.07) is -1.46. The highest BCUT2D eigenvalue weighted by Gasteiger charge is 2.54. The van der Waals surface area contributed by atoms with E-state index in [9.17, 15) is 45.6 Å². The Bertz CT molecular complexity index is 801. The van der Waals surface area contributed by atoms with Crippen LogP contribution in [-0.2, 0) is 42.0 Å². The third-order valence-corrected chi connectivity index (χ3v) is 7.05. The van der Waals surface area contributed by atoms with Crippen molar-refractivity contribution < 1.29 is 88.1 Å². The van der Waals surface area contributed by atoms with Crippen LogP contribution in [0.3, 0.4) is 0 Å². The highest BCUT2D eigenvalue weighted by Crippen LogP contribution is 2.34. The Morgan fingerprint density at radius 3 is 2.02 bits per heavy atom. The lowest BCUT2D eigenvalue weighted by Crippen LogP contribution is -2.69. The third-order valence-electron chi connectivity index (χ3n) is 6.64. The van der Waals surface area contributed by atoms with Crippen LogP contribution in [0.2, 0.25) is 0 Å². The Hall–Kier alpha value is -0.860. The summed E-state index contributed by atoms with van der Waals surface area (Å²) in [5, 5.41) is 96.3. The molecule has 15 unspecified atom stereocenters. The van der Waals surface area contributed by atoms with Gasteiger partial charge in [0, 0.05) is 6.92 Å². The second-order valence-corrected chi connectivity index (χ2v) is 9.80. The smallest absolute Gasteiger partial charge is 0.217 e. The van der Waals surface area contributed by atoms with Crippen molar-refractivity contribution in [2.75, 3.05) is 13.2 Å². The minimum atomic E-state index is -1.85. The molecule has 40 heavy (non-hydrogen) atoms. The van der Waals surface area contributed by atoms with Crippen molar-refractivity contribution in [3.05, 3.63) is 0 Å². The second-order valence-electron chi connectivity index (χ2n) is 9.33. The summed E-state index contributed by atoms with van der Waals surface area (Å²) in [5.74, 6) is -0.670. The predicted octanol–water partition coefficient (Wildman–Crippen LogP) is -5.39. The first-order valence-electron chi connectivity index (χ1n) is 12.1. The van der Waals surface area contributed by atoms with Gasteiger partial charge in [-0.15, -0.1) is 4.33 Å². The minimum absolute atomic E-state index is 0.0177. The number of aliphatic hydroxyl groups is 8. The van der Waals surface area contributed by atoms with Crippen LogP contribution in [0.5, 0.6) is 0 Å². The molecule has 3 aliphatic heterocycles. The van der Waals surface area contributed by atoms with Crippen LogP contribution in [0.1, 0.15) is 13.8 Å². The van der Waals surface area contributed by atoms with Gasteiger partial charge in [-0.25, -0.2) is 5.26 Å². The molecule has 0 aromatic rings. The summed E-state index contributed by atoms with van der Waals surface area (Å²) in [4.78, 5) is 12.0. The number of hydrogen-bond donors (Lipinski definition) is 10. The molecule has 19 nitrogen and oxygen atoms in total. The lowest BCUT2D eigenvalue weighted by atomic mass is 9.94. The topological polar surface area (TPSA) is 285 Å². The number of nitrogens with one attached hydrogen (secondary N) is 1. The molecular weight excluding hydrogens is 574 g/mol.